The third-order valence-corrected chi connectivity index (χ3v) is 5.46. The van der Waals surface area contributed by atoms with Crippen molar-refractivity contribution >= 4 is 5.91 Å². The first-order valence-corrected chi connectivity index (χ1v) is 9.79. The van der Waals surface area contributed by atoms with Gasteiger partial charge in [-0.25, -0.2) is 9.37 Å². The molecule has 1 aliphatic heterocycles. The zero-order valence-electron chi connectivity index (χ0n) is 16.8. The predicted molar refractivity (Wildman–Crippen MR) is 103 cm³/mol. The minimum absolute atomic E-state index is 0.0376. The van der Waals surface area contributed by atoms with Gasteiger partial charge in [0.2, 0.25) is 5.82 Å². The van der Waals surface area contributed by atoms with Gasteiger partial charge in [0.05, 0.1) is 5.56 Å². The Bertz CT molecular complexity index is 1170. The lowest BCUT2D eigenvalue weighted by molar-refractivity contribution is -0.144. The second-order valence-electron chi connectivity index (χ2n) is 7.58. The maximum atomic E-state index is 15.2. The number of aromatic nitrogens is 2. The predicted octanol–water partition coefficient (Wildman–Crippen LogP) is 5.70. The summed E-state index contributed by atoms with van der Waals surface area (Å²) < 4.78 is 91.7. The Morgan fingerprint density at radius 2 is 1.70 bits per heavy atom. The Morgan fingerprint density at radius 1 is 1.00 bits per heavy atom. The number of nitrogens with zero attached hydrogens (tertiary/aromatic N) is 2. The van der Waals surface area contributed by atoms with Gasteiger partial charge in [0.1, 0.15) is 5.69 Å². The largest absolute Gasteiger partial charge is 0.449 e. The summed E-state index contributed by atoms with van der Waals surface area (Å²) in [6, 6.07) is 8.57. The van der Waals surface area contributed by atoms with Crippen LogP contribution in [-0.4, -0.2) is 27.3 Å². The molecule has 0 saturated heterocycles. The summed E-state index contributed by atoms with van der Waals surface area (Å²) in [6.07, 6.45) is -9.79. The first-order chi connectivity index (χ1) is 15.4. The number of alkyl halides is 7. The van der Waals surface area contributed by atoms with E-state index in [1.807, 2.05) is 4.98 Å². The zero-order valence-corrected chi connectivity index (χ0v) is 16.8. The van der Waals surface area contributed by atoms with Gasteiger partial charge in [-0.3, -0.25) is 4.79 Å². The average Bonchev–Trinajstić information content (AvgIpc) is 3.28. The van der Waals surface area contributed by atoms with Crippen LogP contribution in [0.25, 0.3) is 0 Å². The summed E-state index contributed by atoms with van der Waals surface area (Å²) in [5, 5.41) is 0. The number of aromatic amines is 1. The Labute approximate surface area is 183 Å². The molecule has 1 atom stereocenters. The van der Waals surface area contributed by atoms with Crippen LogP contribution < -0.4 is 0 Å². The van der Waals surface area contributed by atoms with Crippen LogP contribution in [0.15, 0.2) is 48.7 Å². The molecule has 1 amide bonds. The molecule has 1 N–H and O–H groups in total. The number of hydrogen-bond acceptors (Lipinski definition) is 2. The highest BCUT2D eigenvalue weighted by Crippen LogP contribution is 2.35. The second kappa shape index (κ2) is 8.20. The van der Waals surface area contributed by atoms with E-state index in [0.29, 0.717) is 11.1 Å². The van der Waals surface area contributed by atoms with Crippen LogP contribution in [0.1, 0.15) is 50.3 Å². The first-order valence-electron chi connectivity index (χ1n) is 9.79. The van der Waals surface area contributed by atoms with Crippen LogP contribution >= 0.6 is 0 Å². The van der Waals surface area contributed by atoms with Crippen LogP contribution in [0.5, 0.6) is 0 Å². The third-order valence-electron chi connectivity index (χ3n) is 5.46. The molecule has 1 aliphatic rings. The average molecular weight is 471 g/mol. The Balaban J connectivity index is 1.54. The molecule has 0 bridgehead atoms. The summed E-state index contributed by atoms with van der Waals surface area (Å²) in [4.78, 5) is 19.2. The number of carbonyl (C=O) groups excluding carboxylic acids is 1. The molecule has 0 fully saturated rings. The number of hydrogen-bond donors (Lipinski definition) is 1. The molecule has 174 valence electrons. The lowest BCUT2D eigenvalue weighted by atomic mass is 9.89. The van der Waals surface area contributed by atoms with Gasteiger partial charge in [0, 0.05) is 19.3 Å². The van der Waals surface area contributed by atoms with E-state index in [0.717, 1.165) is 30.5 Å². The summed E-state index contributed by atoms with van der Waals surface area (Å²) >= 11 is 0. The summed E-state index contributed by atoms with van der Waals surface area (Å²) in [6.45, 7) is 0.159. The highest BCUT2D eigenvalue weighted by molar-refractivity contribution is 5.92. The third kappa shape index (κ3) is 4.57. The maximum Gasteiger partial charge on any atom is 0.449 e. The molecule has 4 nitrogen and oxygen atoms in total. The van der Waals surface area contributed by atoms with Crippen LogP contribution in [-0.2, 0) is 25.3 Å². The summed E-state index contributed by atoms with van der Waals surface area (Å²) in [5.41, 5.74) is 0.301. The second-order valence-corrected chi connectivity index (χ2v) is 7.58. The number of halogens is 7. The van der Waals surface area contributed by atoms with Crippen molar-refractivity contribution in [3.63, 3.8) is 0 Å². The van der Waals surface area contributed by atoms with Gasteiger partial charge in [0.15, 0.2) is 6.17 Å². The molecule has 0 spiro atoms. The number of amides is 1. The Morgan fingerprint density at radius 3 is 2.30 bits per heavy atom. The molecule has 2 heterocycles. The fourth-order valence-corrected chi connectivity index (χ4v) is 3.81. The molecule has 11 heteroatoms. The molecule has 1 unspecified atom stereocenters. The maximum absolute atomic E-state index is 15.2. The molecule has 0 aliphatic carbocycles. The standard InChI is InChI=1S/C22H16F7N3O/c23-18(12-4-6-14(7-5-12)21(24,25)26)16-3-1-2-13-11-32(9-8-15(13)16)19(33)17-10-30-20(31-17)22(27,28)29/h1-7,10,18H,8-9,11H2,(H,30,31). The van der Waals surface area contributed by atoms with Crippen molar-refractivity contribution in [3.8, 4) is 0 Å². The van der Waals surface area contributed by atoms with E-state index >= 15 is 4.39 Å². The fourth-order valence-electron chi connectivity index (χ4n) is 3.81. The number of benzene rings is 2. The number of rotatable bonds is 3. The van der Waals surface area contributed by atoms with Gasteiger partial charge in [-0.1, -0.05) is 30.3 Å². The van der Waals surface area contributed by atoms with E-state index in [2.05, 4.69) is 4.98 Å². The fraction of sp³-hybridized carbons (Fsp3) is 0.273. The van der Waals surface area contributed by atoms with Gasteiger partial charge in [-0.15, -0.1) is 0 Å². The lowest BCUT2D eigenvalue weighted by Crippen LogP contribution is -2.36. The van der Waals surface area contributed by atoms with Crippen LogP contribution in [0.3, 0.4) is 0 Å². The van der Waals surface area contributed by atoms with Crippen molar-refractivity contribution in [2.24, 2.45) is 0 Å². The molecule has 3 aromatic rings. The molecule has 2 aromatic carbocycles. The van der Waals surface area contributed by atoms with E-state index in [1.165, 1.54) is 11.0 Å². The van der Waals surface area contributed by atoms with Crippen molar-refractivity contribution in [1.82, 2.24) is 14.9 Å². The van der Waals surface area contributed by atoms with Gasteiger partial charge in [-0.2, -0.15) is 26.3 Å². The molecule has 4 rings (SSSR count). The van der Waals surface area contributed by atoms with E-state index in [-0.39, 0.29) is 36.3 Å². The minimum atomic E-state index is -4.71. The highest BCUT2D eigenvalue weighted by Gasteiger charge is 2.36. The SMILES string of the molecule is O=C(c1c[nH]c(C(F)(F)F)n1)N1CCc2c(cccc2C(F)c2ccc(C(F)(F)F)cc2)C1. The van der Waals surface area contributed by atoms with E-state index in [1.54, 1.807) is 12.1 Å². The molecular formula is C22H16F7N3O. The number of fused-ring (bicyclic) bond motifs is 1. The van der Waals surface area contributed by atoms with E-state index in [9.17, 15) is 31.1 Å². The summed E-state index contributed by atoms with van der Waals surface area (Å²) in [5.74, 6) is -1.97. The van der Waals surface area contributed by atoms with Crippen molar-refractivity contribution < 1.29 is 35.5 Å². The van der Waals surface area contributed by atoms with E-state index in [4.69, 9.17) is 0 Å². The molecule has 0 radical (unpaired) electrons. The van der Waals surface area contributed by atoms with Crippen LogP contribution in [0.2, 0.25) is 0 Å². The van der Waals surface area contributed by atoms with Gasteiger partial charge >= 0.3 is 12.4 Å². The number of carbonyl (C=O) groups is 1. The topological polar surface area (TPSA) is 49.0 Å². The van der Waals surface area contributed by atoms with Crippen molar-refractivity contribution in [2.45, 2.75) is 31.5 Å². The van der Waals surface area contributed by atoms with E-state index < -0.39 is 35.8 Å². The Kier molecular flexibility index (Phi) is 5.67. The molecular weight excluding hydrogens is 455 g/mol. The minimum Gasteiger partial charge on any atom is -0.340 e. The quantitative estimate of drug-likeness (QED) is 0.498. The van der Waals surface area contributed by atoms with Gasteiger partial charge < -0.3 is 9.88 Å². The molecule has 1 aromatic heterocycles. The highest BCUT2D eigenvalue weighted by atomic mass is 19.4. The number of imidazole rings is 1. The lowest BCUT2D eigenvalue weighted by Gasteiger charge is -2.30. The van der Waals surface area contributed by atoms with Gasteiger partial charge in [-0.05, 0) is 40.8 Å². The van der Waals surface area contributed by atoms with Crippen molar-refractivity contribution in [1.29, 1.82) is 0 Å². The van der Waals surface area contributed by atoms with Crippen molar-refractivity contribution in [2.75, 3.05) is 6.54 Å². The number of H-pyrrole nitrogens is 1. The van der Waals surface area contributed by atoms with Crippen LogP contribution in [0, 0.1) is 0 Å². The van der Waals surface area contributed by atoms with Crippen LogP contribution in [0.4, 0.5) is 30.7 Å². The number of nitrogens with one attached hydrogen (secondary N) is 1. The Hall–Kier alpha value is -3.37. The molecule has 33 heavy (non-hydrogen) atoms. The molecule has 0 saturated carbocycles. The van der Waals surface area contributed by atoms with Crippen molar-refractivity contribution in [3.05, 3.63) is 88.0 Å². The monoisotopic (exact) mass is 471 g/mol. The smallest absolute Gasteiger partial charge is 0.340 e. The normalized spacial score (nSPS) is 15.3. The van der Waals surface area contributed by atoms with Gasteiger partial charge in [0.25, 0.3) is 5.91 Å². The zero-order chi connectivity index (χ0) is 24.0. The summed E-state index contributed by atoms with van der Waals surface area (Å²) in [7, 11) is 0. The first kappa shape index (κ1) is 22.8.